The van der Waals surface area contributed by atoms with E-state index >= 15 is 0 Å². The van der Waals surface area contributed by atoms with E-state index in [1.807, 2.05) is 13.0 Å². The first-order valence-corrected chi connectivity index (χ1v) is 7.04. The Kier molecular flexibility index (Phi) is 4.83. The Labute approximate surface area is 125 Å². The maximum atomic E-state index is 14.0. The van der Waals surface area contributed by atoms with Crippen molar-refractivity contribution in [1.29, 1.82) is 0 Å². The normalized spacial score (nSPS) is 12.4. The number of pyridine rings is 1. The van der Waals surface area contributed by atoms with E-state index in [-0.39, 0.29) is 22.5 Å². The Morgan fingerprint density at radius 2 is 2.05 bits per heavy atom. The van der Waals surface area contributed by atoms with E-state index in [0.29, 0.717) is 0 Å². The minimum Gasteiger partial charge on any atom is -0.313 e. The van der Waals surface area contributed by atoms with E-state index in [1.54, 1.807) is 19.4 Å². The van der Waals surface area contributed by atoms with Crippen molar-refractivity contribution in [2.75, 3.05) is 7.05 Å². The van der Waals surface area contributed by atoms with Crippen LogP contribution in [0.3, 0.4) is 0 Å². The van der Waals surface area contributed by atoms with Crippen LogP contribution in [0.4, 0.5) is 8.78 Å². The Morgan fingerprint density at radius 1 is 1.30 bits per heavy atom. The zero-order chi connectivity index (χ0) is 14.7. The smallest absolute Gasteiger partial charge is 0.143 e. The van der Waals surface area contributed by atoms with Crippen molar-refractivity contribution >= 4 is 15.9 Å². The zero-order valence-corrected chi connectivity index (χ0v) is 12.8. The molecule has 1 unspecified atom stereocenters. The molecular weight excluding hydrogens is 326 g/mol. The molecule has 1 aromatic carbocycles. The zero-order valence-electron chi connectivity index (χ0n) is 11.3. The molecule has 0 radical (unpaired) electrons. The molecule has 106 valence electrons. The van der Waals surface area contributed by atoms with E-state index in [2.05, 4.69) is 26.2 Å². The summed E-state index contributed by atoms with van der Waals surface area (Å²) in [6.07, 6.45) is 3.65. The molecule has 0 aliphatic rings. The lowest BCUT2D eigenvalue weighted by molar-refractivity contribution is 0.511. The summed E-state index contributed by atoms with van der Waals surface area (Å²) >= 11 is 3.09. The van der Waals surface area contributed by atoms with E-state index in [4.69, 9.17) is 0 Å². The second-order valence-electron chi connectivity index (χ2n) is 4.60. The third-order valence-electron chi connectivity index (χ3n) is 3.35. The number of aryl methyl sites for hydroxylation is 1. The summed E-state index contributed by atoms with van der Waals surface area (Å²) in [4.78, 5) is 4.08. The molecule has 0 spiro atoms. The van der Waals surface area contributed by atoms with Gasteiger partial charge in [-0.2, -0.15) is 0 Å². The predicted octanol–water partition coefficient (Wildman–Crippen LogP) is 3.93. The van der Waals surface area contributed by atoms with Gasteiger partial charge in [0.05, 0.1) is 4.47 Å². The van der Waals surface area contributed by atoms with Gasteiger partial charge in [0.25, 0.3) is 0 Å². The van der Waals surface area contributed by atoms with Crippen LogP contribution in [0.5, 0.6) is 0 Å². The van der Waals surface area contributed by atoms with Crippen LogP contribution in [0.2, 0.25) is 0 Å². The van der Waals surface area contributed by atoms with Crippen molar-refractivity contribution < 1.29 is 8.78 Å². The molecule has 1 atom stereocenters. The Bertz CT molecular complexity index is 617. The monoisotopic (exact) mass is 340 g/mol. The van der Waals surface area contributed by atoms with Crippen LogP contribution in [0.1, 0.15) is 22.7 Å². The second kappa shape index (κ2) is 6.41. The Morgan fingerprint density at radius 3 is 2.70 bits per heavy atom. The number of hydrogen-bond acceptors (Lipinski definition) is 2. The summed E-state index contributed by atoms with van der Waals surface area (Å²) in [7, 11) is 1.77. The molecule has 1 N–H and O–H groups in total. The lowest BCUT2D eigenvalue weighted by Gasteiger charge is -2.19. The number of rotatable bonds is 4. The first-order valence-electron chi connectivity index (χ1n) is 6.24. The first-order chi connectivity index (χ1) is 9.54. The molecule has 0 saturated heterocycles. The van der Waals surface area contributed by atoms with Crippen LogP contribution in [0.25, 0.3) is 0 Å². The number of aromatic nitrogens is 1. The van der Waals surface area contributed by atoms with Crippen molar-refractivity contribution in [3.8, 4) is 0 Å². The summed E-state index contributed by atoms with van der Waals surface area (Å²) in [6, 6.07) is 4.33. The second-order valence-corrected chi connectivity index (χ2v) is 5.45. The quantitative estimate of drug-likeness (QED) is 0.853. The van der Waals surface area contributed by atoms with Gasteiger partial charge < -0.3 is 5.32 Å². The first kappa shape index (κ1) is 15.1. The maximum Gasteiger partial charge on any atom is 0.143 e. The average molecular weight is 341 g/mol. The molecule has 0 fully saturated rings. The van der Waals surface area contributed by atoms with Crippen molar-refractivity contribution in [2.45, 2.75) is 19.4 Å². The average Bonchev–Trinajstić information content (AvgIpc) is 2.45. The van der Waals surface area contributed by atoms with Gasteiger partial charge in [0, 0.05) is 24.0 Å². The lowest BCUT2D eigenvalue weighted by atomic mass is 9.96. The van der Waals surface area contributed by atoms with E-state index in [0.717, 1.165) is 11.1 Å². The third kappa shape index (κ3) is 3.04. The third-order valence-corrected chi connectivity index (χ3v) is 3.96. The molecule has 2 aromatic rings. The van der Waals surface area contributed by atoms with Gasteiger partial charge in [-0.15, -0.1) is 0 Å². The minimum absolute atomic E-state index is 0.0713. The van der Waals surface area contributed by atoms with Crippen LogP contribution < -0.4 is 5.32 Å². The van der Waals surface area contributed by atoms with Gasteiger partial charge in [-0.1, -0.05) is 0 Å². The highest BCUT2D eigenvalue weighted by atomic mass is 79.9. The van der Waals surface area contributed by atoms with Crippen LogP contribution in [-0.2, 0) is 6.42 Å². The number of halogens is 3. The Hall–Kier alpha value is -1.33. The van der Waals surface area contributed by atoms with Gasteiger partial charge in [0.2, 0.25) is 0 Å². The van der Waals surface area contributed by atoms with Gasteiger partial charge in [-0.05, 0) is 65.6 Å². The molecule has 20 heavy (non-hydrogen) atoms. The van der Waals surface area contributed by atoms with E-state index in [1.165, 1.54) is 12.1 Å². The lowest BCUT2D eigenvalue weighted by Crippen LogP contribution is -2.21. The molecule has 0 bridgehead atoms. The van der Waals surface area contributed by atoms with Crippen molar-refractivity contribution in [2.24, 2.45) is 0 Å². The topological polar surface area (TPSA) is 24.9 Å². The number of benzene rings is 1. The van der Waals surface area contributed by atoms with Crippen LogP contribution >= 0.6 is 15.9 Å². The van der Waals surface area contributed by atoms with E-state index in [9.17, 15) is 8.78 Å². The molecule has 0 aliphatic heterocycles. The number of nitrogens with one attached hydrogen (secondary N) is 1. The van der Waals surface area contributed by atoms with Gasteiger partial charge >= 0.3 is 0 Å². The van der Waals surface area contributed by atoms with Crippen molar-refractivity contribution in [1.82, 2.24) is 10.3 Å². The highest BCUT2D eigenvalue weighted by molar-refractivity contribution is 9.10. The molecule has 1 aromatic heterocycles. The van der Waals surface area contributed by atoms with Gasteiger partial charge in [0.15, 0.2) is 0 Å². The fourth-order valence-corrected chi connectivity index (χ4v) is 2.54. The maximum absolute atomic E-state index is 14.0. The highest BCUT2D eigenvalue weighted by Crippen LogP contribution is 2.27. The summed E-state index contributed by atoms with van der Waals surface area (Å²) in [5, 5.41) is 3.09. The van der Waals surface area contributed by atoms with Crippen LogP contribution in [-0.4, -0.2) is 12.0 Å². The fourth-order valence-electron chi connectivity index (χ4n) is 2.17. The number of nitrogens with zero attached hydrogens (tertiary/aromatic N) is 1. The molecule has 0 amide bonds. The molecule has 2 nitrogen and oxygen atoms in total. The summed E-state index contributed by atoms with van der Waals surface area (Å²) in [6.45, 7) is 1.95. The summed E-state index contributed by atoms with van der Waals surface area (Å²) in [5.41, 5.74) is 2.05. The Balaban J connectivity index is 2.37. The van der Waals surface area contributed by atoms with E-state index < -0.39 is 11.6 Å². The standard InChI is InChI=1S/C15H15BrF2N2/c1-9-5-6-20-8-11(9)14(19-2)7-10-13(17)4-3-12(16)15(10)18/h3-6,8,14,19H,7H2,1-2H3. The highest BCUT2D eigenvalue weighted by Gasteiger charge is 2.19. The molecule has 2 rings (SSSR count). The predicted molar refractivity (Wildman–Crippen MR) is 78.5 cm³/mol. The number of hydrogen-bond donors (Lipinski definition) is 1. The largest absolute Gasteiger partial charge is 0.313 e. The fraction of sp³-hybridized carbons (Fsp3) is 0.267. The van der Waals surface area contributed by atoms with Gasteiger partial charge in [-0.3, -0.25) is 4.98 Å². The van der Waals surface area contributed by atoms with Gasteiger partial charge in [-0.25, -0.2) is 8.78 Å². The summed E-state index contributed by atoms with van der Waals surface area (Å²) in [5.74, 6) is -1.08. The van der Waals surface area contributed by atoms with Crippen molar-refractivity contribution in [3.05, 3.63) is 63.4 Å². The van der Waals surface area contributed by atoms with Crippen molar-refractivity contribution in [3.63, 3.8) is 0 Å². The molecule has 0 saturated carbocycles. The summed E-state index contributed by atoms with van der Waals surface area (Å²) < 4.78 is 28.2. The minimum atomic E-state index is -0.549. The SMILES string of the molecule is CNC(Cc1c(F)ccc(Br)c1F)c1cnccc1C. The molecular formula is C15H15BrF2N2. The number of likely N-dealkylation sites (N-methyl/N-ethyl adjacent to an activating group) is 1. The van der Waals surface area contributed by atoms with Crippen LogP contribution in [0, 0.1) is 18.6 Å². The molecule has 5 heteroatoms. The van der Waals surface area contributed by atoms with Gasteiger partial charge in [0.1, 0.15) is 11.6 Å². The molecule has 1 heterocycles. The molecule has 0 aliphatic carbocycles. The van der Waals surface area contributed by atoms with Crippen LogP contribution in [0.15, 0.2) is 35.1 Å².